The number of aryl methyl sites for hydroxylation is 1. The van der Waals surface area contributed by atoms with Gasteiger partial charge in [0, 0.05) is 11.6 Å². The van der Waals surface area contributed by atoms with Crippen LogP contribution in [0.1, 0.15) is 38.2 Å². The molecule has 0 amide bonds. The first-order chi connectivity index (χ1) is 6.56. The van der Waals surface area contributed by atoms with Crippen LogP contribution in [0, 0.1) is 12.8 Å². The minimum atomic E-state index is 0.241. The van der Waals surface area contributed by atoms with Crippen LogP contribution in [0.2, 0.25) is 5.02 Å². The summed E-state index contributed by atoms with van der Waals surface area (Å²) in [4.78, 5) is 8.58. The maximum Gasteiger partial charge on any atom is 0.125 e. The van der Waals surface area contributed by atoms with Crippen molar-refractivity contribution in [3.8, 4) is 0 Å². The molecule has 2 rings (SSSR count). The smallest absolute Gasteiger partial charge is 0.125 e. The normalized spacial score (nSPS) is 18.6. The second-order valence-electron chi connectivity index (χ2n) is 4.42. The molecule has 1 aromatic heterocycles. The molecular weight excluding hydrogens is 196 g/mol. The van der Waals surface area contributed by atoms with Gasteiger partial charge in [-0.2, -0.15) is 0 Å². The molecule has 76 valence electrons. The lowest BCUT2D eigenvalue weighted by atomic mass is 9.89. The Morgan fingerprint density at radius 3 is 2.57 bits per heavy atom. The van der Waals surface area contributed by atoms with E-state index in [1.807, 2.05) is 6.92 Å². The Bertz CT molecular complexity index is 356. The van der Waals surface area contributed by atoms with Gasteiger partial charge < -0.3 is 0 Å². The lowest BCUT2D eigenvalue weighted by Gasteiger charge is -2.20. The highest BCUT2D eigenvalue weighted by molar-refractivity contribution is 6.31. The van der Waals surface area contributed by atoms with Crippen LogP contribution in [0.4, 0.5) is 0 Å². The monoisotopic (exact) mass is 210 g/mol. The summed E-state index contributed by atoms with van der Waals surface area (Å²) in [5.74, 6) is 1.42. The SMILES string of the molecule is Cc1ncc(Cl)c(C2(C(C)C)CC2)n1. The van der Waals surface area contributed by atoms with Crippen molar-refractivity contribution >= 4 is 11.6 Å². The highest BCUT2D eigenvalue weighted by Crippen LogP contribution is 2.54. The summed E-state index contributed by atoms with van der Waals surface area (Å²) in [6.45, 7) is 6.39. The van der Waals surface area contributed by atoms with E-state index >= 15 is 0 Å². The predicted octanol–water partition coefficient (Wildman–Crippen LogP) is 3.13. The van der Waals surface area contributed by atoms with Gasteiger partial charge in [0.2, 0.25) is 0 Å². The van der Waals surface area contributed by atoms with Crippen LogP contribution in [0.5, 0.6) is 0 Å². The molecule has 3 heteroatoms. The molecule has 0 aromatic carbocycles. The number of hydrogen-bond acceptors (Lipinski definition) is 2. The molecule has 1 aliphatic carbocycles. The summed E-state index contributed by atoms with van der Waals surface area (Å²) >= 11 is 6.14. The average Bonchev–Trinajstić information content (AvgIpc) is 2.90. The first kappa shape index (κ1) is 9.91. The topological polar surface area (TPSA) is 25.8 Å². The van der Waals surface area contributed by atoms with Crippen LogP contribution < -0.4 is 0 Å². The van der Waals surface area contributed by atoms with Gasteiger partial charge in [-0.15, -0.1) is 0 Å². The number of hydrogen-bond donors (Lipinski definition) is 0. The molecule has 0 atom stereocenters. The van der Waals surface area contributed by atoms with Gasteiger partial charge in [0.25, 0.3) is 0 Å². The molecule has 14 heavy (non-hydrogen) atoms. The van der Waals surface area contributed by atoms with E-state index < -0.39 is 0 Å². The van der Waals surface area contributed by atoms with Gasteiger partial charge in [-0.25, -0.2) is 9.97 Å². The molecule has 1 saturated carbocycles. The third-order valence-electron chi connectivity index (χ3n) is 3.23. The molecule has 1 fully saturated rings. The van der Waals surface area contributed by atoms with E-state index in [4.69, 9.17) is 11.6 Å². The number of nitrogens with zero attached hydrogens (tertiary/aromatic N) is 2. The molecule has 2 nitrogen and oxygen atoms in total. The number of rotatable bonds is 2. The van der Waals surface area contributed by atoms with Crippen molar-refractivity contribution in [3.63, 3.8) is 0 Å². The first-order valence-corrected chi connectivity index (χ1v) is 5.44. The molecule has 0 radical (unpaired) electrons. The molecule has 0 unspecified atom stereocenters. The molecule has 0 N–H and O–H groups in total. The first-order valence-electron chi connectivity index (χ1n) is 5.06. The zero-order valence-electron chi connectivity index (χ0n) is 8.84. The zero-order valence-corrected chi connectivity index (χ0v) is 9.60. The minimum absolute atomic E-state index is 0.241. The van der Waals surface area contributed by atoms with E-state index in [0.29, 0.717) is 5.92 Å². The lowest BCUT2D eigenvalue weighted by molar-refractivity contribution is 0.468. The van der Waals surface area contributed by atoms with E-state index in [0.717, 1.165) is 16.5 Å². The van der Waals surface area contributed by atoms with E-state index in [1.165, 1.54) is 12.8 Å². The van der Waals surface area contributed by atoms with Gasteiger partial charge in [-0.05, 0) is 25.7 Å². The third kappa shape index (κ3) is 1.42. The van der Waals surface area contributed by atoms with Gasteiger partial charge in [0.05, 0.1) is 10.7 Å². The van der Waals surface area contributed by atoms with Crippen LogP contribution in [0.15, 0.2) is 6.20 Å². The van der Waals surface area contributed by atoms with Crippen molar-refractivity contribution in [1.29, 1.82) is 0 Å². The van der Waals surface area contributed by atoms with Crippen molar-refractivity contribution in [2.75, 3.05) is 0 Å². The molecule has 0 aliphatic heterocycles. The summed E-state index contributed by atoms with van der Waals surface area (Å²) in [6, 6.07) is 0. The fourth-order valence-electron chi connectivity index (χ4n) is 2.03. The average molecular weight is 211 g/mol. The van der Waals surface area contributed by atoms with Gasteiger partial charge in [-0.3, -0.25) is 0 Å². The van der Waals surface area contributed by atoms with Crippen molar-refractivity contribution in [2.24, 2.45) is 5.92 Å². The quantitative estimate of drug-likeness (QED) is 0.750. The minimum Gasteiger partial charge on any atom is -0.240 e. The molecule has 0 saturated heterocycles. The predicted molar refractivity (Wildman–Crippen MR) is 57.5 cm³/mol. The van der Waals surface area contributed by atoms with Crippen molar-refractivity contribution in [1.82, 2.24) is 9.97 Å². The van der Waals surface area contributed by atoms with E-state index in [2.05, 4.69) is 23.8 Å². The Hall–Kier alpha value is -0.630. The Balaban J connectivity index is 2.46. The van der Waals surface area contributed by atoms with Gasteiger partial charge in [0.1, 0.15) is 5.82 Å². The maximum atomic E-state index is 6.14. The van der Waals surface area contributed by atoms with Gasteiger partial charge in [-0.1, -0.05) is 25.4 Å². The molecular formula is C11H15ClN2. The Morgan fingerprint density at radius 2 is 2.07 bits per heavy atom. The summed E-state index contributed by atoms with van der Waals surface area (Å²) < 4.78 is 0. The van der Waals surface area contributed by atoms with E-state index in [1.54, 1.807) is 6.20 Å². The highest BCUT2D eigenvalue weighted by atomic mass is 35.5. The molecule has 0 spiro atoms. The third-order valence-corrected chi connectivity index (χ3v) is 3.51. The largest absolute Gasteiger partial charge is 0.240 e. The van der Waals surface area contributed by atoms with Crippen LogP contribution in [-0.4, -0.2) is 9.97 Å². The highest BCUT2D eigenvalue weighted by Gasteiger charge is 2.49. The second-order valence-corrected chi connectivity index (χ2v) is 4.83. The van der Waals surface area contributed by atoms with Crippen molar-refractivity contribution < 1.29 is 0 Å². The fraction of sp³-hybridized carbons (Fsp3) is 0.636. The Kier molecular flexibility index (Phi) is 2.26. The van der Waals surface area contributed by atoms with E-state index in [9.17, 15) is 0 Å². The van der Waals surface area contributed by atoms with Crippen LogP contribution in [0.25, 0.3) is 0 Å². The lowest BCUT2D eigenvalue weighted by Crippen LogP contribution is -2.18. The molecule has 0 bridgehead atoms. The Morgan fingerprint density at radius 1 is 1.43 bits per heavy atom. The number of halogens is 1. The second kappa shape index (κ2) is 3.20. The maximum absolute atomic E-state index is 6.14. The van der Waals surface area contributed by atoms with Crippen molar-refractivity contribution in [2.45, 2.75) is 39.0 Å². The fourth-order valence-corrected chi connectivity index (χ4v) is 2.31. The summed E-state index contributed by atoms with van der Waals surface area (Å²) in [7, 11) is 0. The summed E-state index contributed by atoms with van der Waals surface area (Å²) in [5, 5.41) is 0.724. The number of aromatic nitrogens is 2. The standard InChI is InChI=1S/C11H15ClN2/c1-7(2)11(4-5-11)10-9(12)6-13-8(3)14-10/h6-7H,4-5H2,1-3H3. The van der Waals surface area contributed by atoms with Crippen LogP contribution >= 0.6 is 11.6 Å². The van der Waals surface area contributed by atoms with Crippen LogP contribution in [0.3, 0.4) is 0 Å². The molecule has 1 heterocycles. The van der Waals surface area contributed by atoms with Crippen LogP contribution in [-0.2, 0) is 5.41 Å². The molecule has 1 aliphatic rings. The zero-order chi connectivity index (χ0) is 10.3. The summed E-state index contributed by atoms with van der Waals surface area (Å²) in [6.07, 6.45) is 4.14. The van der Waals surface area contributed by atoms with Gasteiger partial charge in [0.15, 0.2) is 0 Å². The summed E-state index contributed by atoms with van der Waals surface area (Å²) in [5.41, 5.74) is 1.30. The Labute approximate surface area is 89.7 Å². The molecule has 1 aromatic rings. The van der Waals surface area contributed by atoms with E-state index in [-0.39, 0.29) is 5.41 Å². The van der Waals surface area contributed by atoms with Crippen molar-refractivity contribution in [3.05, 3.63) is 22.7 Å². The van der Waals surface area contributed by atoms with Gasteiger partial charge >= 0.3 is 0 Å².